The number of phenols is 1. The smallest absolute Gasteiger partial charge is 0.341 e. The van der Waals surface area contributed by atoms with Crippen molar-refractivity contribution in [2.24, 2.45) is 0 Å². The highest BCUT2D eigenvalue weighted by atomic mass is 79.9. The maximum Gasteiger partial charge on any atom is 0.341 e. The molecule has 568 valence electrons. The lowest BCUT2D eigenvalue weighted by atomic mass is 10.0. The molecule has 4 aromatic heterocycles. The standard InChI is InChI=1S/C22H20N2O5S.C20H14BrF3N2O2S.C20H17ClN2O2S.C20H18N2O3S/c25-19(26)12-24-18-7-6-15(29-13-20(27)28)10-17(18)16-8-9-23(22(30)21(16)24)11-14-4-2-1-3-5-14;21-11-2-1-10(14(23)5-11)8-25-4-3-13-18-15(24)6-12(22)7-16(18)26(9-17(27)28)19(13)20(25)29;21-14-6-7-15-16-8-9-22(11-13-4-2-1-3-5-13)20(26)19(16)23(12-18(24)25)17(15)10-14;23-14-6-7-17-16(10-14)15-8-9-21(11-13-4-2-1-3-5-13)20(26)19(15)22(17)12-18(24)25/h1-7,10H,8-9,11-13H2,(H,25,26)(H,27,28);1-2,5-7H,3-4,8-9H2,(H,27,28);1-7,10H,8-9,11-12H2,(H,24,25);1-7,10,23H,8-9,11-12H2,(H,24,25). The normalized spacial score (nSPS) is 13.7. The molecule has 0 saturated heterocycles. The fourth-order valence-corrected chi connectivity index (χ4v) is 17.0. The van der Waals surface area contributed by atoms with Crippen molar-refractivity contribution in [3.8, 4) is 11.5 Å². The third-order valence-corrected chi connectivity index (χ3v) is 22.2. The number of aliphatic carboxylic acids is 5. The number of fused-ring (bicyclic) bond motifs is 12. The second-order valence-corrected chi connectivity index (χ2v) is 29.7. The Labute approximate surface area is 668 Å². The first-order valence-corrected chi connectivity index (χ1v) is 37.8. The number of carbonyl (C=O) groups is 5. The van der Waals surface area contributed by atoms with Gasteiger partial charge in [-0.25, -0.2) is 18.0 Å². The van der Waals surface area contributed by atoms with E-state index in [4.69, 9.17) is 70.3 Å². The van der Waals surface area contributed by atoms with Crippen molar-refractivity contribution >= 4 is 170 Å². The van der Waals surface area contributed by atoms with Crippen LogP contribution in [0, 0.1) is 17.5 Å². The summed E-state index contributed by atoms with van der Waals surface area (Å²) in [6.07, 6.45) is 2.66. The summed E-state index contributed by atoms with van der Waals surface area (Å²) in [6.45, 7) is 3.52. The summed E-state index contributed by atoms with van der Waals surface area (Å²) in [4.78, 5) is 67.0. The van der Waals surface area contributed by atoms with E-state index >= 15 is 0 Å². The van der Waals surface area contributed by atoms with Crippen LogP contribution in [0.25, 0.3) is 43.6 Å². The Kier molecular flexibility index (Phi) is 23.7. The zero-order valence-electron chi connectivity index (χ0n) is 59.0. The number of hydrogen-bond acceptors (Lipinski definition) is 11. The molecule has 8 heterocycles. The summed E-state index contributed by atoms with van der Waals surface area (Å²) >= 11 is 32.2. The third-order valence-electron chi connectivity index (χ3n) is 19.7. The van der Waals surface area contributed by atoms with E-state index in [1.807, 2.05) is 84.9 Å². The van der Waals surface area contributed by atoms with Crippen molar-refractivity contribution in [1.82, 2.24) is 37.9 Å². The molecule has 8 aromatic carbocycles. The van der Waals surface area contributed by atoms with Crippen LogP contribution in [0.4, 0.5) is 13.2 Å². The molecule has 29 heteroatoms. The van der Waals surface area contributed by atoms with Gasteiger partial charge in [-0.15, -0.1) is 0 Å². The van der Waals surface area contributed by atoms with Gasteiger partial charge in [-0.05, 0) is 131 Å². The van der Waals surface area contributed by atoms with Crippen LogP contribution in [0.3, 0.4) is 0 Å². The number of nitrogens with zero attached hydrogens (tertiary/aromatic N) is 8. The Morgan fingerprint density at radius 2 is 0.829 bits per heavy atom. The van der Waals surface area contributed by atoms with Crippen LogP contribution in [-0.4, -0.2) is 151 Å². The molecule has 6 N–H and O–H groups in total. The largest absolute Gasteiger partial charge is 0.508 e. The van der Waals surface area contributed by atoms with Gasteiger partial charge in [-0.3, -0.25) is 19.2 Å². The molecule has 0 bridgehead atoms. The van der Waals surface area contributed by atoms with Crippen molar-refractivity contribution < 1.29 is 72.5 Å². The second-order valence-electron chi connectivity index (χ2n) is 26.8. The minimum atomic E-state index is -1.16. The number of rotatable bonds is 19. The number of halogens is 5. The van der Waals surface area contributed by atoms with Gasteiger partial charge < -0.3 is 73.2 Å². The van der Waals surface area contributed by atoms with Gasteiger partial charge in [0, 0.05) is 106 Å². The summed E-state index contributed by atoms with van der Waals surface area (Å²) in [7, 11) is 0. The number of phenolic OH excluding ortho intramolecular Hbond substituents is 1. The molecule has 0 atom stereocenters. The van der Waals surface area contributed by atoms with Crippen LogP contribution in [0.2, 0.25) is 5.02 Å². The molecule has 12 aromatic rings. The summed E-state index contributed by atoms with van der Waals surface area (Å²) in [5.74, 6) is -6.33. The van der Waals surface area contributed by atoms with Crippen LogP contribution in [0.5, 0.6) is 11.5 Å². The van der Waals surface area contributed by atoms with Crippen LogP contribution in [0.1, 0.15) is 67.3 Å². The van der Waals surface area contributed by atoms with Crippen molar-refractivity contribution in [3.05, 3.63) is 270 Å². The summed E-state index contributed by atoms with van der Waals surface area (Å²) < 4.78 is 55.2. The Hall–Kier alpha value is -11.0. The Morgan fingerprint density at radius 1 is 0.414 bits per heavy atom. The first-order valence-electron chi connectivity index (χ1n) is 35.0. The zero-order chi connectivity index (χ0) is 78.6. The molecular weight excluding hydrogens is 1590 g/mol. The van der Waals surface area contributed by atoms with E-state index in [0.29, 0.717) is 92.6 Å². The Bertz CT molecular complexity index is 5690. The molecule has 16 rings (SSSR count). The predicted octanol–water partition coefficient (Wildman–Crippen LogP) is 14.8. The van der Waals surface area contributed by atoms with Crippen LogP contribution in [0.15, 0.2) is 180 Å². The van der Waals surface area contributed by atoms with Crippen LogP contribution in [-0.2, 0) is 102 Å². The van der Waals surface area contributed by atoms with Gasteiger partial charge in [-0.1, -0.05) is 180 Å². The lowest BCUT2D eigenvalue weighted by Gasteiger charge is -2.31. The third kappa shape index (κ3) is 17.0. The highest BCUT2D eigenvalue weighted by molar-refractivity contribution is 9.10. The SMILES string of the molecule is O=C(O)COc1ccc2c(c1)c1c(n2CC(=O)O)C(=S)N(Cc2ccccc2)CC1.O=C(O)Cn1c2c(c3c(F)cc(F)cc31)CCN(Cc1ccc(Br)cc1F)C2=S.O=C(O)Cn1c2c(c3cc(O)ccc31)CCN(Cc1ccccc1)C2=S.O=C(O)Cn1c2c(c3ccc(Cl)cc31)CCN(Cc1ccccc1)C2=S. The molecule has 0 fully saturated rings. The molecule has 0 unspecified atom stereocenters. The second kappa shape index (κ2) is 33.7. The molecule has 111 heavy (non-hydrogen) atoms. The molecule has 4 aliphatic heterocycles. The highest BCUT2D eigenvalue weighted by Gasteiger charge is 2.35. The molecule has 0 spiro atoms. The molecule has 0 aliphatic carbocycles. The first-order chi connectivity index (χ1) is 53.3. The number of ether oxygens (including phenoxy) is 1. The predicted molar refractivity (Wildman–Crippen MR) is 435 cm³/mol. The lowest BCUT2D eigenvalue weighted by molar-refractivity contribution is -0.140. The van der Waals surface area contributed by atoms with Gasteiger partial charge in [0.2, 0.25) is 0 Å². The lowest BCUT2D eigenvalue weighted by Crippen LogP contribution is -2.38. The van der Waals surface area contributed by atoms with E-state index in [1.165, 1.54) is 16.2 Å². The van der Waals surface area contributed by atoms with Crippen molar-refractivity contribution in [2.75, 3.05) is 32.8 Å². The van der Waals surface area contributed by atoms with Gasteiger partial charge in [0.15, 0.2) is 6.61 Å². The van der Waals surface area contributed by atoms with E-state index in [-0.39, 0.29) is 47.8 Å². The number of thiocarbonyl (C=S) groups is 4. The summed E-state index contributed by atoms with van der Waals surface area (Å²) in [5.41, 5.74) is 12.8. The van der Waals surface area contributed by atoms with Gasteiger partial charge in [0.1, 0.15) is 75.1 Å². The maximum absolute atomic E-state index is 14.5. The zero-order valence-corrected chi connectivity index (χ0v) is 64.6. The molecule has 4 aliphatic rings. The monoisotopic (exact) mass is 1660 g/mol. The molecule has 0 saturated carbocycles. The van der Waals surface area contributed by atoms with Crippen molar-refractivity contribution in [1.29, 1.82) is 0 Å². The van der Waals surface area contributed by atoms with Crippen LogP contribution >= 0.6 is 76.4 Å². The van der Waals surface area contributed by atoms with E-state index in [9.17, 15) is 62.7 Å². The Balaban J connectivity index is 0.000000130. The molecule has 20 nitrogen and oxygen atoms in total. The minimum absolute atomic E-state index is 0.133. The average Bonchev–Trinajstić information content (AvgIpc) is 1.61. The van der Waals surface area contributed by atoms with Gasteiger partial charge in [0.05, 0.1) is 33.8 Å². The van der Waals surface area contributed by atoms with E-state index in [0.717, 1.165) is 116 Å². The number of carboxylic acids is 5. The van der Waals surface area contributed by atoms with Gasteiger partial charge in [0.25, 0.3) is 0 Å². The number of aromatic nitrogens is 4. The summed E-state index contributed by atoms with van der Waals surface area (Å²) in [6, 6.07) is 52.7. The first kappa shape index (κ1) is 78.1. The Morgan fingerprint density at radius 3 is 1.29 bits per heavy atom. The summed E-state index contributed by atoms with van der Waals surface area (Å²) in [5, 5.41) is 59.8. The fourth-order valence-electron chi connectivity index (χ4n) is 15.0. The minimum Gasteiger partial charge on any atom is -0.508 e. The number of aromatic hydroxyl groups is 1. The molecule has 0 radical (unpaired) electrons. The van der Waals surface area contributed by atoms with Crippen molar-refractivity contribution in [3.63, 3.8) is 0 Å². The van der Waals surface area contributed by atoms with Gasteiger partial charge in [-0.2, -0.15) is 0 Å². The molecular formula is C82H69BrClF3N8O12S4. The topological polar surface area (TPSA) is 249 Å². The van der Waals surface area contributed by atoms with Crippen molar-refractivity contribution in [2.45, 2.75) is 78.0 Å². The fraction of sp³-hybridized carbons (Fsp3) is 0.207. The van der Waals surface area contributed by atoms with E-state index in [2.05, 4.69) is 54.9 Å². The van der Waals surface area contributed by atoms with E-state index in [1.54, 1.807) is 67.1 Å². The van der Waals surface area contributed by atoms with Gasteiger partial charge >= 0.3 is 29.8 Å². The number of hydrogen-bond donors (Lipinski definition) is 6. The molecule has 0 amide bonds. The number of benzene rings is 8. The van der Waals surface area contributed by atoms with E-state index < -0.39 is 60.4 Å². The van der Waals surface area contributed by atoms with Crippen LogP contribution < -0.4 is 4.74 Å². The highest BCUT2D eigenvalue weighted by Crippen LogP contribution is 2.39. The number of carboxylic acid groups (broad SMARTS) is 5. The maximum atomic E-state index is 14.5. The quantitative estimate of drug-likeness (QED) is 0.0412. The average molecular weight is 1660 g/mol.